The molecule has 1 atom stereocenters. The molecule has 1 aromatic carbocycles. The van der Waals surface area contributed by atoms with Crippen LogP contribution in [0.4, 0.5) is 0 Å². The SMILES string of the molecule is CC(O)(CN1CCN(CCC(=O)O)CC1)c1ccccc1. The van der Waals surface area contributed by atoms with Gasteiger partial charge in [-0.2, -0.15) is 0 Å². The Morgan fingerprint density at radius 1 is 1.14 bits per heavy atom. The van der Waals surface area contributed by atoms with E-state index in [2.05, 4.69) is 9.80 Å². The lowest BCUT2D eigenvalue weighted by molar-refractivity contribution is -0.137. The highest BCUT2D eigenvalue weighted by Crippen LogP contribution is 2.22. The molecule has 0 aliphatic carbocycles. The molecule has 1 aliphatic heterocycles. The summed E-state index contributed by atoms with van der Waals surface area (Å²) < 4.78 is 0. The molecular formula is C16H24N2O3. The largest absolute Gasteiger partial charge is 0.481 e. The minimum Gasteiger partial charge on any atom is -0.481 e. The summed E-state index contributed by atoms with van der Waals surface area (Å²) in [4.78, 5) is 15.0. The number of aliphatic carboxylic acids is 1. The van der Waals surface area contributed by atoms with Gasteiger partial charge in [0.05, 0.1) is 12.0 Å². The van der Waals surface area contributed by atoms with Crippen LogP contribution in [0.5, 0.6) is 0 Å². The quantitative estimate of drug-likeness (QED) is 0.818. The number of carboxylic acid groups (broad SMARTS) is 1. The van der Waals surface area contributed by atoms with Gasteiger partial charge in [0.25, 0.3) is 0 Å². The first-order valence-electron chi connectivity index (χ1n) is 7.42. The fraction of sp³-hybridized carbons (Fsp3) is 0.562. The van der Waals surface area contributed by atoms with Gasteiger partial charge in [-0.15, -0.1) is 0 Å². The van der Waals surface area contributed by atoms with Gasteiger partial charge in [-0.05, 0) is 12.5 Å². The third-order valence-electron chi connectivity index (χ3n) is 4.03. The van der Waals surface area contributed by atoms with Gasteiger partial charge in [0.15, 0.2) is 0 Å². The predicted octanol–water partition coefficient (Wildman–Crippen LogP) is 0.986. The van der Waals surface area contributed by atoms with Crippen molar-refractivity contribution in [3.05, 3.63) is 35.9 Å². The van der Waals surface area contributed by atoms with Crippen molar-refractivity contribution in [2.45, 2.75) is 18.9 Å². The van der Waals surface area contributed by atoms with Crippen LogP contribution in [0, 0.1) is 0 Å². The van der Waals surface area contributed by atoms with E-state index in [9.17, 15) is 9.90 Å². The Morgan fingerprint density at radius 2 is 1.71 bits per heavy atom. The Labute approximate surface area is 125 Å². The number of hydrogen-bond donors (Lipinski definition) is 2. The van der Waals surface area contributed by atoms with Crippen LogP contribution < -0.4 is 0 Å². The van der Waals surface area contributed by atoms with E-state index in [1.54, 1.807) is 0 Å². The molecule has 1 fully saturated rings. The molecule has 21 heavy (non-hydrogen) atoms. The molecule has 1 unspecified atom stereocenters. The zero-order valence-corrected chi connectivity index (χ0v) is 12.5. The minimum absolute atomic E-state index is 0.196. The summed E-state index contributed by atoms with van der Waals surface area (Å²) in [6, 6.07) is 9.72. The number of β-amino-alcohol motifs (C(OH)–C–C–N with tert-alkyl or cyclic N) is 1. The van der Waals surface area contributed by atoms with Crippen molar-refractivity contribution in [2.75, 3.05) is 39.3 Å². The van der Waals surface area contributed by atoms with Crippen molar-refractivity contribution < 1.29 is 15.0 Å². The van der Waals surface area contributed by atoms with E-state index >= 15 is 0 Å². The lowest BCUT2D eigenvalue weighted by atomic mass is 9.95. The molecule has 1 heterocycles. The van der Waals surface area contributed by atoms with Crippen molar-refractivity contribution in [1.29, 1.82) is 0 Å². The molecule has 0 radical (unpaired) electrons. The van der Waals surface area contributed by atoms with Gasteiger partial charge in [-0.1, -0.05) is 30.3 Å². The molecule has 0 amide bonds. The smallest absolute Gasteiger partial charge is 0.304 e. The summed E-state index contributed by atoms with van der Waals surface area (Å²) in [5, 5.41) is 19.4. The molecule has 1 aliphatic rings. The van der Waals surface area contributed by atoms with Gasteiger partial charge >= 0.3 is 5.97 Å². The van der Waals surface area contributed by atoms with Gasteiger partial charge < -0.3 is 15.1 Å². The van der Waals surface area contributed by atoms with Gasteiger partial charge in [0.1, 0.15) is 0 Å². The second kappa shape index (κ2) is 7.02. The fourth-order valence-corrected chi connectivity index (χ4v) is 2.75. The molecule has 0 saturated carbocycles. The predicted molar refractivity (Wildman–Crippen MR) is 81.1 cm³/mol. The summed E-state index contributed by atoms with van der Waals surface area (Å²) >= 11 is 0. The molecule has 2 rings (SSSR count). The number of nitrogens with zero attached hydrogens (tertiary/aromatic N) is 2. The maximum Gasteiger partial charge on any atom is 0.304 e. The number of aliphatic hydroxyl groups is 1. The molecule has 1 aromatic rings. The average Bonchev–Trinajstić information content (AvgIpc) is 2.47. The third kappa shape index (κ3) is 4.81. The van der Waals surface area contributed by atoms with Crippen molar-refractivity contribution in [3.8, 4) is 0 Å². The van der Waals surface area contributed by atoms with Crippen LogP contribution in [0.15, 0.2) is 30.3 Å². The summed E-state index contributed by atoms with van der Waals surface area (Å²) in [7, 11) is 0. The number of hydrogen-bond acceptors (Lipinski definition) is 4. The third-order valence-corrected chi connectivity index (χ3v) is 4.03. The maximum absolute atomic E-state index is 10.6. The maximum atomic E-state index is 10.6. The molecule has 0 bridgehead atoms. The standard InChI is InChI=1S/C16H24N2O3/c1-16(21,14-5-3-2-4-6-14)13-18-11-9-17(10-12-18)8-7-15(19)20/h2-6,21H,7-13H2,1H3,(H,19,20). The summed E-state index contributed by atoms with van der Waals surface area (Å²) in [6.45, 7) is 6.50. The van der Waals surface area contributed by atoms with Gasteiger partial charge in [-0.3, -0.25) is 9.69 Å². The Bertz CT molecular complexity index is 454. The molecule has 0 aromatic heterocycles. The molecule has 1 saturated heterocycles. The number of rotatable bonds is 6. The van der Waals surface area contributed by atoms with Crippen LogP contribution in [-0.2, 0) is 10.4 Å². The van der Waals surface area contributed by atoms with E-state index in [1.165, 1.54) is 0 Å². The van der Waals surface area contributed by atoms with E-state index in [0.717, 1.165) is 31.7 Å². The lowest BCUT2D eigenvalue weighted by Crippen LogP contribution is -2.50. The van der Waals surface area contributed by atoms with E-state index in [-0.39, 0.29) is 6.42 Å². The van der Waals surface area contributed by atoms with Crippen molar-refractivity contribution in [1.82, 2.24) is 9.80 Å². The number of carboxylic acids is 1. The molecule has 5 nitrogen and oxygen atoms in total. The minimum atomic E-state index is -0.857. The summed E-state index contributed by atoms with van der Waals surface area (Å²) in [5.41, 5.74) is 0.0723. The number of benzene rings is 1. The van der Waals surface area contributed by atoms with E-state index < -0.39 is 11.6 Å². The Hall–Kier alpha value is -1.43. The molecule has 0 spiro atoms. The zero-order valence-electron chi connectivity index (χ0n) is 12.5. The monoisotopic (exact) mass is 292 g/mol. The molecular weight excluding hydrogens is 268 g/mol. The van der Waals surface area contributed by atoms with E-state index in [1.807, 2.05) is 37.3 Å². The average molecular weight is 292 g/mol. The first-order chi connectivity index (χ1) is 9.97. The Morgan fingerprint density at radius 3 is 2.29 bits per heavy atom. The molecule has 116 valence electrons. The summed E-state index contributed by atoms with van der Waals surface area (Å²) in [5.74, 6) is -0.746. The first kappa shape index (κ1) is 15.9. The van der Waals surface area contributed by atoms with Gasteiger partial charge in [0, 0.05) is 39.3 Å². The normalized spacial score (nSPS) is 20.1. The number of carbonyl (C=O) groups is 1. The Kier molecular flexibility index (Phi) is 5.33. The summed E-state index contributed by atoms with van der Waals surface area (Å²) in [6.07, 6.45) is 0.196. The van der Waals surface area contributed by atoms with Crippen molar-refractivity contribution in [2.24, 2.45) is 0 Å². The second-order valence-corrected chi connectivity index (χ2v) is 5.90. The first-order valence-corrected chi connectivity index (χ1v) is 7.42. The van der Waals surface area contributed by atoms with Crippen molar-refractivity contribution >= 4 is 5.97 Å². The van der Waals surface area contributed by atoms with E-state index in [4.69, 9.17) is 5.11 Å². The van der Waals surface area contributed by atoms with Gasteiger partial charge in [0.2, 0.25) is 0 Å². The van der Waals surface area contributed by atoms with Gasteiger partial charge in [-0.25, -0.2) is 0 Å². The zero-order chi connectivity index (χ0) is 15.3. The van der Waals surface area contributed by atoms with Crippen LogP contribution in [-0.4, -0.2) is 65.3 Å². The van der Waals surface area contributed by atoms with Crippen molar-refractivity contribution in [3.63, 3.8) is 0 Å². The van der Waals surface area contributed by atoms with Crippen LogP contribution in [0.25, 0.3) is 0 Å². The second-order valence-electron chi connectivity index (χ2n) is 5.90. The highest BCUT2D eigenvalue weighted by Gasteiger charge is 2.28. The van der Waals surface area contributed by atoms with Crippen LogP contribution >= 0.6 is 0 Å². The van der Waals surface area contributed by atoms with E-state index in [0.29, 0.717) is 13.1 Å². The Balaban J connectivity index is 1.82. The molecule has 2 N–H and O–H groups in total. The molecule has 5 heteroatoms. The van der Waals surface area contributed by atoms with Crippen LogP contribution in [0.1, 0.15) is 18.9 Å². The highest BCUT2D eigenvalue weighted by molar-refractivity contribution is 5.66. The number of piperazine rings is 1. The van der Waals surface area contributed by atoms with Crippen LogP contribution in [0.3, 0.4) is 0 Å². The van der Waals surface area contributed by atoms with Crippen LogP contribution in [0.2, 0.25) is 0 Å². The highest BCUT2D eigenvalue weighted by atomic mass is 16.4. The fourth-order valence-electron chi connectivity index (χ4n) is 2.75. The topological polar surface area (TPSA) is 64.0 Å². The lowest BCUT2D eigenvalue weighted by Gasteiger charge is -2.38.